The Balaban J connectivity index is 1.65. The van der Waals surface area contributed by atoms with Crippen LogP contribution in [0.4, 0.5) is 5.69 Å². The fourth-order valence-electron chi connectivity index (χ4n) is 3.18. The molecule has 10 heteroatoms. The van der Waals surface area contributed by atoms with E-state index in [1.54, 1.807) is 42.5 Å². The van der Waals surface area contributed by atoms with Crippen molar-refractivity contribution in [1.82, 2.24) is 5.43 Å². The Hall–Kier alpha value is -4.05. The van der Waals surface area contributed by atoms with Gasteiger partial charge < -0.3 is 14.2 Å². The lowest BCUT2D eigenvalue weighted by atomic mass is 10.2. The highest BCUT2D eigenvalue weighted by molar-refractivity contribution is 7.92. The Bertz CT molecular complexity index is 1280. The Morgan fingerprint density at radius 1 is 0.943 bits per heavy atom. The lowest BCUT2D eigenvalue weighted by molar-refractivity contribution is -0.119. The normalized spacial score (nSPS) is 11.2. The van der Waals surface area contributed by atoms with E-state index in [-0.39, 0.29) is 5.69 Å². The standard InChI is InChI=1S/C25H27N3O6S/c1-32-22-12-8-7-11-21(22)28(35(3,30)31)17-25(29)27-26-16-20-13-14-23(24(15-20)33-2)34-18-19-9-5-4-6-10-19/h4-16H,17-18H2,1-3H3,(H,27,29)/b26-16+. The molecular formula is C25H27N3O6S. The van der Waals surface area contributed by atoms with Gasteiger partial charge in [-0.05, 0) is 41.5 Å². The van der Waals surface area contributed by atoms with Gasteiger partial charge in [0.25, 0.3) is 5.91 Å². The van der Waals surface area contributed by atoms with Crippen LogP contribution in [-0.2, 0) is 21.4 Å². The average Bonchev–Trinajstić information content (AvgIpc) is 2.86. The zero-order chi connectivity index (χ0) is 25.3. The molecule has 0 spiro atoms. The van der Waals surface area contributed by atoms with E-state index in [1.807, 2.05) is 30.3 Å². The second kappa shape index (κ2) is 11.9. The fourth-order valence-corrected chi connectivity index (χ4v) is 4.04. The molecule has 0 fully saturated rings. The van der Waals surface area contributed by atoms with Gasteiger partial charge in [-0.1, -0.05) is 42.5 Å². The molecule has 0 heterocycles. The predicted octanol–water partition coefficient (Wildman–Crippen LogP) is 3.20. The molecule has 184 valence electrons. The number of para-hydroxylation sites is 2. The number of hydrazone groups is 1. The third-order valence-electron chi connectivity index (χ3n) is 4.87. The smallest absolute Gasteiger partial charge is 0.260 e. The quantitative estimate of drug-likeness (QED) is 0.322. The van der Waals surface area contributed by atoms with Crippen LogP contribution in [0.15, 0.2) is 77.9 Å². The van der Waals surface area contributed by atoms with Gasteiger partial charge >= 0.3 is 0 Å². The predicted molar refractivity (Wildman–Crippen MR) is 135 cm³/mol. The minimum Gasteiger partial charge on any atom is -0.495 e. The summed E-state index contributed by atoms with van der Waals surface area (Å²) in [6, 6.07) is 21.5. The Labute approximate surface area is 205 Å². The maximum Gasteiger partial charge on any atom is 0.260 e. The van der Waals surface area contributed by atoms with E-state index in [0.717, 1.165) is 16.1 Å². The summed E-state index contributed by atoms with van der Waals surface area (Å²) in [5.41, 5.74) is 4.29. The lowest BCUT2D eigenvalue weighted by Gasteiger charge is -2.23. The first kappa shape index (κ1) is 25.6. The maximum absolute atomic E-state index is 12.4. The number of ether oxygens (including phenoxy) is 3. The van der Waals surface area contributed by atoms with Crippen LogP contribution in [0.3, 0.4) is 0 Å². The highest BCUT2D eigenvalue weighted by Crippen LogP contribution is 2.30. The number of methoxy groups -OCH3 is 2. The minimum absolute atomic E-state index is 0.257. The molecule has 3 aromatic rings. The van der Waals surface area contributed by atoms with Crippen LogP contribution in [0.1, 0.15) is 11.1 Å². The van der Waals surface area contributed by atoms with Gasteiger partial charge in [-0.2, -0.15) is 5.10 Å². The number of rotatable bonds is 11. The second-order valence-corrected chi connectivity index (χ2v) is 9.33. The molecule has 0 saturated carbocycles. The van der Waals surface area contributed by atoms with Gasteiger partial charge in [-0.15, -0.1) is 0 Å². The number of carbonyl (C=O) groups is 1. The first-order valence-corrected chi connectivity index (χ1v) is 12.4. The molecule has 0 radical (unpaired) electrons. The first-order valence-electron chi connectivity index (χ1n) is 10.6. The lowest BCUT2D eigenvalue weighted by Crippen LogP contribution is -2.39. The molecule has 3 rings (SSSR count). The zero-order valence-electron chi connectivity index (χ0n) is 19.7. The van der Waals surface area contributed by atoms with E-state index in [0.29, 0.717) is 29.4 Å². The molecule has 35 heavy (non-hydrogen) atoms. The fraction of sp³-hybridized carbons (Fsp3) is 0.200. The molecule has 1 N–H and O–H groups in total. The summed E-state index contributed by atoms with van der Waals surface area (Å²) in [7, 11) is -0.793. The van der Waals surface area contributed by atoms with E-state index in [9.17, 15) is 13.2 Å². The topological polar surface area (TPSA) is 107 Å². The number of hydrogen-bond acceptors (Lipinski definition) is 7. The van der Waals surface area contributed by atoms with E-state index in [1.165, 1.54) is 20.4 Å². The van der Waals surface area contributed by atoms with Crippen molar-refractivity contribution in [3.63, 3.8) is 0 Å². The van der Waals surface area contributed by atoms with Crippen molar-refractivity contribution in [2.24, 2.45) is 5.10 Å². The molecule has 0 aromatic heterocycles. The number of nitrogens with one attached hydrogen (secondary N) is 1. The number of hydrogen-bond donors (Lipinski definition) is 1. The molecule has 9 nitrogen and oxygen atoms in total. The third kappa shape index (κ3) is 7.21. The van der Waals surface area contributed by atoms with Crippen LogP contribution in [0.5, 0.6) is 17.2 Å². The molecule has 0 aliphatic heterocycles. The molecule has 0 saturated heterocycles. The van der Waals surface area contributed by atoms with E-state index >= 15 is 0 Å². The number of amides is 1. The minimum atomic E-state index is -3.75. The van der Waals surface area contributed by atoms with Crippen LogP contribution < -0.4 is 23.9 Å². The molecule has 1 amide bonds. The first-order chi connectivity index (χ1) is 16.8. The highest BCUT2D eigenvalue weighted by Gasteiger charge is 2.23. The molecule has 0 aliphatic rings. The van der Waals surface area contributed by atoms with Gasteiger partial charge in [0.2, 0.25) is 10.0 Å². The van der Waals surface area contributed by atoms with Crippen molar-refractivity contribution in [2.45, 2.75) is 6.61 Å². The van der Waals surface area contributed by atoms with Crippen LogP contribution in [-0.4, -0.2) is 47.6 Å². The molecule has 0 unspecified atom stereocenters. The number of sulfonamides is 1. The zero-order valence-corrected chi connectivity index (χ0v) is 20.5. The van der Waals surface area contributed by atoms with Crippen molar-refractivity contribution < 1.29 is 27.4 Å². The van der Waals surface area contributed by atoms with Crippen molar-refractivity contribution in [3.05, 3.63) is 83.9 Å². The third-order valence-corrected chi connectivity index (χ3v) is 6.00. The number of anilines is 1. The van der Waals surface area contributed by atoms with Crippen LogP contribution in [0.2, 0.25) is 0 Å². The number of nitrogens with zero attached hydrogens (tertiary/aromatic N) is 2. The van der Waals surface area contributed by atoms with Crippen molar-refractivity contribution in [2.75, 3.05) is 31.3 Å². The van der Waals surface area contributed by atoms with Crippen LogP contribution in [0.25, 0.3) is 0 Å². The summed E-state index contributed by atoms with van der Waals surface area (Å²) in [6.07, 6.45) is 2.44. The van der Waals surface area contributed by atoms with Gasteiger partial charge in [-0.3, -0.25) is 9.10 Å². The maximum atomic E-state index is 12.4. The summed E-state index contributed by atoms with van der Waals surface area (Å²) in [4.78, 5) is 12.4. The average molecular weight is 498 g/mol. The molecule has 0 bridgehead atoms. The van der Waals surface area contributed by atoms with Gasteiger partial charge in [0.15, 0.2) is 11.5 Å². The second-order valence-electron chi connectivity index (χ2n) is 7.42. The Kier molecular flexibility index (Phi) is 8.69. The SMILES string of the molecule is COc1cc(/C=N/NC(=O)CN(c2ccccc2OC)S(C)(=O)=O)ccc1OCc1ccccc1. The van der Waals surface area contributed by atoms with Gasteiger partial charge in [-0.25, -0.2) is 13.8 Å². The molecular weight excluding hydrogens is 470 g/mol. The van der Waals surface area contributed by atoms with Crippen molar-refractivity contribution in [3.8, 4) is 17.2 Å². The summed E-state index contributed by atoms with van der Waals surface area (Å²) in [5.74, 6) is 0.789. The number of benzene rings is 3. The monoisotopic (exact) mass is 497 g/mol. The van der Waals surface area contributed by atoms with E-state index in [2.05, 4.69) is 10.5 Å². The Morgan fingerprint density at radius 3 is 2.31 bits per heavy atom. The molecule has 0 aliphatic carbocycles. The molecule has 3 aromatic carbocycles. The van der Waals surface area contributed by atoms with Crippen molar-refractivity contribution in [1.29, 1.82) is 0 Å². The summed E-state index contributed by atoms with van der Waals surface area (Å²) in [5, 5.41) is 3.94. The molecule has 0 atom stereocenters. The summed E-state index contributed by atoms with van der Waals surface area (Å²) < 4.78 is 42.0. The highest BCUT2D eigenvalue weighted by atomic mass is 32.2. The van der Waals surface area contributed by atoms with Crippen LogP contribution >= 0.6 is 0 Å². The van der Waals surface area contributed by atoms with E-state index in [4.69, 9.17) is 14.2 Å². The number of carbonyl (C=O) groups excluding carboxylic acids is 1. The van der Waals surface area contributed by atoms with Crippen LogP contribution in [0, 0.1) is 0 Å². The van der Waals surface area contributed by atoms with E-state index < -0.39 is 22.5 Å². The summed E-state index contributed by atoms with van der Waals surface area (Å²) >= 11 is 0. The van der Waals surface area contributed by atoms with Crippen molar-refractivity contribution >= 4 is 27.8 Å². The van der Waals surface area contributed by atoms with Gasteiger partial charge in [0, 0.05) is 0 Å². The van der Waals surface area contributed by atoms with Gasteiger partial charge in [0.1, 0.15) is 18.9 Å². The van der Waals surface area contributed by atoms with Gasteiger partial charge in [0.05, 0.1) is 32.4 Å². The largest absolute Gasteiger partial charge is 0.495 e. The summed E-state index contributed by atoms with van der Waals surface area (Å²) in [6.45, 7) is -0.0736. The Morgan fingerprint density at radius 2 is 1.63 bits per heavy atom.